The lowest BCUT2D eigenvalue weighted by Gasteiger charge is -2.41. The van der Waals surface area contributed by atoms with Gasteiger partial charge in [0.05, 0.1) is 17.6 Å². The maximum absolute atomic E-state index is 13.3. The molecular formula is C22H39N7O2S. The Labute approximate surface area is 192 Å². The maximum Gasteiger partial charge on any atom is 0.217 e. The summed E-state index contributed by atoms with van der Waals surface area (Å²) in [5.74, 6) is 0.910. The summed E-state index contributed by atoms with van der Waals surface area (Å²) >= 11 is 0. The lowest BCUT2D eigenvalue weighted by atomic mass is 9.70. The molecule has 0 aromatic rings. The van der Waals surface area contributed by atoms with Crippen LogP contribution in [0, 0.1) is 28.6 Å². The van der Waals surface area contributed by atoms with Crippen molar-refractivity contribution in [1.82, 2.24) is 30.9 Å². The average molecular weight is 466 g/mol. The molecule has 3 saturated heterocycles. The van der Waals surface area contributed by atoms with E-state index in [4.69, 9.17) is 0 Å². The number of piperidine rings is 1. The molecule has 0 aromatic heterocycles. The van der Waals surface area contributed by atoms with E-state index in [-0.39, 0.29) is 23.7 Å². The van der Waals surface area contributed by atoms with Crippen LogP contribution in [0.15, 0.2) is 0 Å². The number of hydrazine groups is 2. The molecule has 0 aromatic carbocycles. The Morgan fingerprint density at radius 3 is 2.69 bits per heavy atom. The molecule has 3 heterocycles. The fourth-order valence-electron chi connectivity index (χ4n) is 7.15. The van der Waals surface area contributed by atoms with E-state index in [0.717, 1.165) is 70.9 Å². The number of rotatable bonds is 5. The van der Waals surface area contributed by atoms with Gasteiger partial charge in [-0.3, -0.25) is 10.9 Å². The van der Waals surface area contributed by atoms with Gasteiger partial charge in [0.15, 0.2) is 0 Å². The second-order valence-electron chi connectivity index (χ2n) is 10.7. The largest absolute Gasteiger partial charge is 0.301 e. The smallest absolute Gasteiger partial charge is 0.217 e. The molecule has 0 radical (unpaired) electrons. The third-order valence-corrected chi connectivity index (χ3v) is 10.8. The molecule has 5 rings (SSSR count). The predicted octanol–water partition coefficient (Wildman–Crippen LogP) is 0.492. The van der Waals surface area contributed by atoms with Crippen LogP contribution in [0.5, 0.6) is 0 Å². The molecule has 5 aliphatic rings. The van der Waals surface area contributed by atoms with Crippen LogP contribution in [-0.4, -0.2) is 75.2 Å². The molecule has 0 spiro atoms. The highest BCUT2D eigenvalue weighted by molar-refractivity contribution is 7.90. The van der Waals surface area contributed by atoms with Crippen LogP contribution in [0.2, 0.25) is 0 Å². The van der Waals surface area contributed by atoms with Gasteiger partial charge in [0.25, 0.3) is 0 Å². The highest BCUT2D eigenvalue weighted by Gasteiger charge is 2.47. The minimum atomic E-state index is -3.43. The molecule has 32 heavy (non-hydrogen) atoms. The zero-order valence-corrected chi connectivity index (χ0v) is 20.0. The van der Waals surface area contributed by atoms with Crippen molar-refractivity contribution in [2.75, 3.05) is 33.2 Å². The highest BCUT2D eigenvalue weighted by Crippen LogP contribution is 2.48. The summed E-state index contributed by atoms with van der Waals surface area (Å²) in [5.41, 5.74) is 6.57. The molecule has 4 N–H and O–H groups in total. The Hall–Kier alpha value is -0.800. The molecule has 180 valence electrons. The number of nitriles is 1. The van der Waals surface area contributed by atoms with Gasteiger partial charge in [-0.1, -0.05) is 19.3 Å². The first-order chi connectivity index (χ1) is 15.4. The number of nitrogens with one attached hydrogen (secondary N) is 4. The maximum atomic E-state index is 13.3. The van der Waals surface area contributed by atoms with Crippen LogP contribution in [0.1, 0.15) is 57.8 Å². The average Bonchev–Trinajstić information content (AvgIpc) is 3.55. The van der Waals surface area contributed by atoms with Gasteiger partial charge < -0.3 is 5.32 Å². The van der Waals surface area contributed by atoms with E-state index in [0.29, 0.717) is 24.9 Å². The predicted molar refractivity (Wildman–Crippen MR) is 122 cm³/mol. The highest BCUT2D eigenvalue weighted by atomic mass is 32.2. The minimum Gasteiger partial charge on any atom is -0.301 e. The fraction of sp³-hybridized carbons (Fsp3) is 0.955. The van der Waals surface area contributed by atoms with Crippen molar-refractivity contribution < 1.29 is 8.42 Å². The molecule has 2 aliphatic carbocycles. The summed E-state index contributed by atoms with van der Waals surface area (Å²) in [4.78, 5) is 0. The van der Waals surface area contributed by atoms with Gasteiger partial charge >= 0.3 is 0 Å². The second-order valence-corrected chi connectivity index (χ2v) is 12.7. The van der Waals surface area contributed by atoms with Crippen LogP contribution >= 0.6 is 0 Å². The molecule has 9 nitrogen and oxygen atoms in total. The molecular weight excluding hydrogens is 426 g/mol. The van der Waals surface area contributed by atoms with Gasteiger partial charge in [-0.05, 0) is 56.9 Å². The Morgan fingerprint density at radius 1 is 1.09 bits per heavy atom. The quantitative estimate of drug-likeness (QED) is 0.464. The SMILES string of the molecule is CN1NCC2CCCC(NS(=O)(=O)C3CNN(C4CC(C5(C#N)CCCC5)CCN4)C3)C21. The van der Waals surface area contributed by atoms with Crippen molar-refractivity contribution in [2.24, 2.45) is 17.3 Å². The van der Waals surface area contributed by atoms with E-state index in [1.54, 1.807) is 0 Å². The third kappa shape index (κ3) is 4.22. The number of nitrogens with zero attached hydrogens (tertiary/aromatic N) is 3. The van der Waals surface area contributed by atoms with Gasteiger partial charge in [0, 0.05) is 38.8 Å². The summed E-state index contributed by atoms with van der Waals surface area (Å²) in [6.07, 6.45) is 9.52. The summed E-state index contributed by atoms with van der Waals surface area (Å²) in [6, 6.07) is 2.89. The van der Waals surface area contributed by atoms with Crippen LogP contribution in [0.4, 0.5) is 0 Å². The molecule has 0 bridgehead atoms. The van der Waals surface area contributed by atoms with Gasteiger partial charge in [-0.2, -0.15) is 5.26 Å². The first-order valence-corrected chi connectivity index (χ1v) is 14.1. The summed E-state index contributed by atoms with van der Waals surface area (Å²) < 4.78 is 29.7. The van der Waals surface area contributed by atoms with Crippen molar-refractivity contribution in [3.05, 3.63) is 0 Å². The van der Waals surface area contributed by atoms with Crippen LogP contribution < -0.4 is 20.9 Å². The first kappa shape index (κ1) is 23.0. The van der Waals surface area contributed by atoms with E-state index in [2.05, 4.69) is 37.0 Å². The fourth-order valence-corrected chi connectivity index (χ4v) is 8.67. The van der Waals surface area contributed by atoms with Crippen molar-refractivity contribution in [2.45, 2.75) is 81.3 Å². The number of likely N-dealkylation sites (N-methyl/N-ethyl adjacent to an activating group) is 1. The lowest BCUT2D eigenvalue weighted by molar-refractivity contribution is 0.0617. The van der Waals surface area contributed by atoms with Gasteiger partial charge in [0.2, 0.25) is 10.0 Å². The Kier molecular flexibility index (Phi) is 6.53. The van der Waals surface area contributed by atoms with Gasteiger partial charge in [-0.25, -0.2) is 23.2 Å². The molecule has 2 saturated carbocycles. The molecule has 6 atom stereocenters. The summed E-state index contributed by atoms with van der Waals surface area (Å²) in [6.45, 7) is 2.75. The monoisotopic (exact) mass is 465 g/mol. The van der Waals surface area contributed by atoms with E-state index in [9.17, 15) is 13.7 Å². The van der Waals surface area contributed by atoms with Crippen molar-refractivity contribution in [3.8, 4) is 6.07 Å². The van der Waals surface area contributed by atoms with Crippen LogP contribution in [0.25, 0.3) is 0 Å². The lowest BCUT2D eigenvalue weighted by Crippen LogP contribution is -2.56. The Bertz CT molecular complexity index is 823. The molecule has 10 heteroatoms. The Morgan fingerprint density at radius 2 is 1.91 bits per heavy atom. The van der Waals surface area contributed by atoms with E-state index in [1.165, 1.54) is 0 Å². The minimum absolute atomic E-state index is 0.0251. The zero-order chi connectivity index (χ0) is 22.3. The summed E-state index contributed by atoms with van der Waals surface area (Å²) in [5, 5.41) is 17.2. The topological polar surface area (TPSA) is 113 Å². The number of hydrogen-bond donors (Lipinski definition) is 4. The summed E-state index contributed by atoms with van der Waals surface area (Å²) in [7, 11) is -1.40. The van der Waals surface area contributed by atoms with Crippen molar-refractivity contribution in [1.29, 1.82) is 5.26 Å². The van der Waals surface area contributed by atoms with Crippen molar-refractivity contribution in [3.63, 3.8) is 0 Å². The molecule has 3 aliphatic heterocycles. The van der Waals surface area contributed by atoms with Crippen LogP contribution in [0.3, 0.4) is 0 Å². The number of fused-ring (bicyclic) bond motifs is 1. The zero-order valence-electron chi connectivity index (χ0n) is 19.2. The molecule has 0 amide bonds. The normalized spacial score (nSPS) is 40.9. The van der Waals surface area contributed by atoms with Gasteiger partial charge in [-0.15, -0.1) is 0 Å². The number of hydrogen-bond acceptors (Lipinski definition) is 8. The van der Waals surface area contributed by atoms with Crippen LogP contribution in [-0.2, 0) is 10.0 Å². The third-order valence-electron chi connectivity index (χ3n) is 8.97. The number of sulfonamides is 1. The Balaban J connectivity index is 1.21. The molecule has 5 fully saturated rings. The van der Waals surface area contributed by atoms with E-state index < -0.39 is 15.3 Å². The van der Waals surface area contributed by atoms with E-state index >= 15 is 0 Å². The second kappa shape index (κ2) is 9.10. The van der Waals surface area contributed by atoms with Crippen molar-refractivity contribution >= 4 is 10.0 Å². The first-order valence-electron chi connectivity index (χ1n) is 12.5. The standard InChI is InChI=1S/C22H39N7O2S/c1-28-21-16(12-25-28)5-4-6-19(21)27-32(30,31)18-13-26-29(14-18)20-11-17(7-10-24-20)22(15-23)8-2-3-9-22/h16-21,24-27H,2-14H2,1H3. The van der Waals surface area contributed by atoms with E-state index in [1.807, 2.05) is 7.05 Å². The van der Waals surface area contributed by atoms with Gasteiger partial charge in [0.1, 0.15) is 5.25 Å². The molecule has 6 unspecified atom stereocenters.